The van der Waals surface area contributed by atoms with Gasteiger partial charge in [-0.25, -0.2) is 0 Å². The Hall–Kier alpha value is -2.08. The fraction of sp³-hybridized carbons (Fsp3) is 0.409. The fourth-order valence-electron chi connectivity index (χ4n) is 3.22. The average Bonchev–Trinajstić information content (AvgIpc) is 2.72. The summed E-state index contributed by atoms with van der Waals surface area (Å²) in [5.74, 6) is 0.403. The summed E-state index contributed by atoms with van der Waals surface area (Å²) in [5.41, 5.74) is 1.26. The predicted molar refractivity (Wildman–Crippen MR) is 111 cm³/mol. The van der Waals surface area contributed by atoms with Crippen LogP contribution in [0.3, 0.4) is 0 Å². The highest BCUT2D eigenvalue weighted by Gasteiger charge is 2.29. The van der Waals surface area contributed by atoms with Gasteiger partial charge in [0.15, 0.2) is 0 Å². The molecule has 0 bridgehead atoms. The molecule has 0 unspecified atom stereocenters. The van der Waals surface area contributed by atoms with Crippen molar-refractivity contribution in [2.24, 2.45) is 0 Å². The highest BCUT2D eigenvalue weighted by molar-refractivity contribution is 6.31. The Morgan fingerprint density at radius 3 is 2.57 bits per heavy atom. The van der Waals surface area contributed by atoms with Crippen molar-refractivity contribution in [3.8, 4) is 5.75 Å². The normalized spacial score (nSPS) is 15.2. The number of halogens is 1. The lowest BCUT2D eigenvalue weighted by Gasteiger charge is -2.40. The number of morpholine rings is 1. The molecule has 1 heterocycles. The van der Waals surface area contributed by atoms with E-state index in [4.69, 9.17) is 21.1 Å². The topological polar surface area (TPSA) is 50.8 Å². The Kier molecular flexibility index (Phi) is 6.94. The summed E-state index contributed by atoms with van der Waals surface area (Å²) < 4.78 is 11.3. The van der Waals surface area contributed by atoms with E-state index in [0.717, 1.165) is 31.9 Å². The maximum Gasteiger partial charge on any atom is 0.255 e. The molecule has 0 aliphatic carbocycles. The minimum absolute atomic E-state index is 0.143. The van der Waals surface area contributed by atoms with Crippen molar-refractivity contribution in [1.29, 1.82) is 0 Å². The van der Waals surface area contributed by atoms with Gasteiger partial charge in [-0.1, -0.05) is 41.9 Å². The van der Waals surface area contributed by atoms with Gasteiger partial charge in [0.05, 0.1) is 18.8 Å². The van der Waals surface area contributed by atoms with Gasteiger partial charge in [-0.05, 0) is 32.0 Å². The molecule has 0 radical (unpaired) electrons. The van der Waals surface area contributed by atoms with Gasteiger partial charge in [-0.15, -0.1) is 0 Å². The van der Waals surface area contributed by atoms with E-state index in [1.54, 1.807) is 12.1 Å². The summed E-state index contributed by atoms with van der Waals surface area (Å²) >= 11 is 6.19. The third kappa shape index (κ3) is 5.25. The summed E-state index contributed by atoms with van der Waals surface area (Å²) in [6, 6.07) is 14.8. The number of para-hydroxylation sites is 1. The van der Waals surface area contributed by atoms with Gasteiger partial charge < -0.3 is 14.8 Å². The maximum atomic E-state index is 12.8. The maximum absolute atomic E-state index is 12.8. The molecule has 150 valence electrons. The molecule has 1 aliphatic rings. The number of rotatable bonds is 7. The van der Waals surface area contributed by atoms with E-state index in [1.165, 1.54) is 0 Å². The highest BCUT2D eigenvalue weighted by Crippen LogP contribution is 2.22. The van der Waals surface area contributed by atoms with Crippen molar-refractivity contribution in [2.45, 2.75) is 26.0 Å². The molecule has 1 fully saturated rings. The molecule has 2 aromatic carbocycles. The summed E-state index contributed by atoms with van der Waals surface area (Å²) in [4.78, 5) is 15.2. The molecule has 3 rings (SSSR count). The lowest BCUT2D eigenvalue weighted by atomic mass is 10.0. The van der Waals surface area contributed by atoms with Gasteiger partial charge in [0.25, 0.3) is 5.91 Å². The number of benzene rings is 2. The van der Waals surface area contributed by atoms with Gasteiger partial charge in [0.2, 0.25) is 0 Å². The number of hydrogen-bond donors (Lipinski definition) is 1. The average molecular weight is 403 g/mol. The van der Waals surface area contributed by atoms with Crippen molar-refractivity contribution in [1.82, 2.24) is 10.2 Å². The Bertz CT molecular complexity index is 804. The van der Waals surface area contributed by atoms with Crippen LogP contribution in [-0.2, 0) is 11.3 Å². The molecule has 1 saturated heterocycles. The van der Waals surface area contributed by atoms with E-state index in [-0.39, 0.29) is 11.4 Å². The van der Waals surface area contributed by atoms with Crippen molar-refractivity contribution < 1.29 is 14.3 Å². The molecule has 1 amide bonds. The lowest BCUT2D eigenvalue weighted by Crippen LogP contribution is -2.55. The van der Waals surface area contributed by atoms with Gasteiger partial charge in [-0.3, -0.25) is 9.69 Å². The van der Waals surface area contributed by atoms with E-state index in [2.05, 4.69) is 24.1 Å². The molecule has 0 spiro atoms. The largest absolute Gasteiger partial charge is 0.488 e. The van der Waals surface area contributed by atoms with Gasteiger partial charge in [-0.2, -0.15) is 0 Å². The van der Waals surface area contributed by atoms with E-state index in [0.29, 0.717) is 29.5 Å². The van der Waals surface area contributed by atoms with Crippen LogP contribution >= 0.6 is 11.6 Å². The molecule has 0 atom stereocenters. The first-order valence-corrected chi connectivity index (χ1v) is 9.91. The molecular weight excluding hydrogens is 376 g/mol. The molecule has 0 aromatic heterocycles. The van der Waals surface area contributed by atoms with Gasteiger partial charge in [0.1, 0.15) is 12.4 Å². The zero-order chi connectivity index (χ0) is 20.0. The van der Waals surface area contributed by atoms with Crippen LogP contribution in [0.25, 0.3) is 0 Å². The van der Waals surface area contributed by atoms with Crippen LogP contribution in [0.4, 0.5) is 0 Å². The second-order valence-corrected chi connectivity index (χ2v) is 7.88. The Morgan fingerprint density at radius 2 is 1.82 bits per heavy atom. The molecule has 1 N–H and O–H groups in total. The van der Waals surface area contributed by atoms with Crippen LogP contribution in [0.2, 0.25) is 5.02 Å². The Balaban J connectivity index is 1.63. The van der Waals surface area contributed by atoms with Crippen LogP contribution in [0.5, 0.6) is 5.75 Å². The summed E-state index contributed by atoms with van der Waals surface area (Å²) in [5, 5.41) is 3.71. The van der Waals surface area contributed by atoms with Crippen LogP contribution in [0.15, 0.2) is 48.5 Å². The second kappa shape index (κ2) is 9.41. The lowest BCUT2D eigenvalue weighted by molar-refractivity contribution is -0.00924. The van der Waals surface area contributed by atoms with Crippen LogP contribution in [-0.4, -0.2) is 49.2 Å². The molecular formula is C22H27ClN2O3. The zero-order valence-electron chi connectivity index (χ0n) is 16.4. The van der Waals surface area contributed by atoms with E-state index >= 15 is 0 Å². The van der Waals surface area contributed by atoms with Crippen molar-refractivity contribution in [3.05, 3.63) is 64.7 Å². The van der Waals surface area contributed by atoms with Crippen LogP contribution < -0.4 is 10.1 Å². The van der Waals surface area contributed by atoms with Crippen molar-refractivity contribution in [3.63, 3.8) is 0 Å². The van der Waals surface area contributed by atoms with E-state index < -0.39 is 0 Å². The van der Waals surface area contributed by atoms with Crippen molar-refractivity contribution >= 4 is 17.5 Å². The quantitative estimate of drug-likeness (QED) is 0.766. The standard InChI is InChI=1S/C22H27ClN2O3/c1-22(2,25-11-13-27-14-12-25)16-24-21(26)18-8-4-6-10-20(18)28-15-17-7-3-5-9-19(17)23/h3-10H,11-16H2,1-2H3,(H,24,26). The number of ether oxygens (including phenoxy) is 2. The SMILES string of the molecule is CC(C)(CNC(=O)c1ccccc1OCc1ccccc1Cl)N1CCOCC1. The number of carbonyl (C=O) groups excluding carboxylic acids is 1. The number of hydrogen-bond acceptors (Lipinski definition) is 4. The third-order valence-electron chi connectivity index (χ3n) is 5.02. The summed E-state index contributed by atoms with van der Waals surface area (Å²) in [7, 11) is 0. The Morgan fingerprint density at radius 1 is 1.14 bits per heavy atom. The van der Waals surface area contributed by atoms with E-state index in [9.17, 15) is 4.79 Å². The second-order valence-electron chi connectivity index (χ2n) is 7.47. The molecule has 2 aromatic rings. The number of amides is 1. The van der Waals surface area contributed by atoms with Gasteiger partial charge >= 0.3 is 0 Å². The summed E-state index contributed by atoms with van der Waals surface area (Å²) in [6.45, 7) is 8.34. The van der Waals surface area contributed by atoms with Crippen LogP contribution in [0, 0.1) is 0 Å². The number of carbonyl (C=O) groups is 1. The van der Waals surface area contributed by atoms with Crippen LogP contribution in [0.1, 0.15) is 29.8 Å². The van der Waals surface area contributed by atoms with Gasteiger partial charge in [0, 0.05) is 35.8 Å². The molecule has 6 heteroatoms. The monoisotopic (exact) mass is 402 g/mol. The first-order chi connectivity index (χ1) is 13.5. The first kappa shape index (κ1) is 20.6. The highest BCUT2D eigenvalue weighted by atomic mass is 35.5. The minimum Gasteiger partial charge on any atom is -0.488 e. The zero-order valence-corrected chi connectivity index (χ0v) is 17.2. The minimum atomic E-state index is -0.146. The Labute approximate surface area is 171 Å². The molecule has 0 saturated carbocycles. The third-order valence-corrected chi connectivity index (χ3v) is 5.39. The molecule has 28 heavy (non-hydrogen) atoms. The molecule has 5 nitrogen and oxygen atoms in total. The van der Waals surface area contributed by atoms with Crippen molar-refractivity contribution in [2.75, 3.05) is 32.8 Å². The summed E-state index contributed by atoms with van der Waals surface area (Å²) in [6.07, 6.45) is 0. The first-order valence-electron chi connectivity index (χ1n) is 9.53. The molecule has 1 aliphatic heterocycles. The number of nitrogens with zero attached hydrogens (tertiary/aromatic N) is 1. The predicted octanol–water partition coefficient (Wildman–Crippen LogP) is 3.76. The number of nitrogens with one attached hydrogen (secondary N) is 1. The smallest absolute Gasteiger partial charge is 0.255 e. The van der Waals surface area contributed by atoms with E-state index in [1.807, 2.05) is 36.4 Å². The fourth-order valence-corrected chi connectivity index (χ4v) is 3.41.